The van der Waals surface area contributed by atoms with Crippen LogP contribution in [0.25, 0.3) is 10.8 Å². The zero-order valence-electron chi connectivity index (χ0n) is 15.6. The normalized spacial score (nSPS) is 14.3. The van der Waals surface area contributed by atoms with Gasteiger partial charge < -0.3 is 10.2 Å². The maximum absolute atomic E-state index is 13.1. The standard InChI is InChI=1S/C21H21ClN4O2/c1-25-21(28)16-8-4-3-7-15(16)19(24-25)20(27)23-17-13-14(22)9-10-18(17)26-11-5-2-6-12-26/h3-4,7-10,13H,2,5-6,11-12H2,1H3,(H,23,27). The Hall–Kier alpha value is -2.86. The van der Waals surface area contributed by atoms with Crippen LogP contribution in [-0.4, -0.2) is 28.8 Å². The quantitative estimate of drug-likeness (QED) is 0.730. The van der Waals surface area contributed by atoms with Gasteiger partial charge in [0.05, 0.1) is 16.8 Å². The van der Waals surface area contributed by atoms with Crippen LogP contribution >= 0.6 is 11.6 Å². The number of amides is 1. The van der Waals surface area contributed by atoms with Crippen LogP contribution in [0, 0.1) is 0 Å². The van der Waals surface area contributed by atoms with Crippen molar-refractivity contribution < 1.29 is 4.79 Å². The summed E-state index contributed by atoms with van der Waals surface area (Å²) in [6, 6.07) is 12.5. The minimum atomic E-state index is -0.368. The van der Waals surface area contributed by atoms with E-state index in [0.29, 0.717) is 21.5 Å². The van der Waals surface area contributed by atoms with Gasteiger partial charge in [-0.15, -0.1) is 0 Å². The average molecular weight is 397 g/mol. The van der Waals surface area contributed by atoms with E-state index in [4.69, 9.17) is 11.6 Å². The Morgan fingerprint density at radius 1 is 1.07 bits per heavy atom. The molecule has 0 unspecified atom stereocenters. The molecule has 0 atom stereocenters. The van der Waals surface area contributed by atoms with Gasteiger partial charge in [0.2, 0.25) is 0 Å². The Bertz CT molecular complexity index is 1100. The molecule has 1 fully saturated rings. The highest BCUT2D eigenvalue weighted by atomic mass is 35.5. The lowest BCUT2D eigenvalue weighted by Crippen LogP contribution is -2.31. The van der Waals surface area contributed by atoms with E-state index in [2.05, 4.69) is 15.3 Å². The lowest BCUT2D eigenvalue weighted by atomic mass is 10.1. The summed E-state index contributed by atoms with van der Waals surface area (Å²) in [6.45, 7) is 1.90. The average Bonchev–Trinajstić information content (AvgIpc) is 2.71. The van der Waals surface area contributed by atoms with Gasteiger partial charge in [-0.3, -0.25) is 9.59 Å². The van der Waals surface area contributed by atoms with Gasteiger partial charge in [0.15, 0.2) is 5.69 Å². The first kappa shape index (κ1) is 18.5. The van der Waals surface area contributed by atoms with E-state index < -0.39 is 0 Å². The van der Waals surface area contributed by atoms with Crippen LogP contribution in [0.3, 0.4) is 0 Å². The molecular formula is C21H21ClN4O2. The molecule has 0 spiro atoms. The second-order valence-corrected chi connectivity index (χ2v) is 7.42. The lowest BCUT2D eigenvalue weighted by Gasteiger charge is -2.30. The summed E-state index contributed by atoms with van der Waals surface area (Å²) in [5.74, 6) is -0.368. The highest BCUT2D eigenvalue weighted by molar-refractivity contribution is 6.31. The van der Waals surface area contributed by atoms with E-state index in [0.717, 1.165) is 31.6 Å². The van der Waals surface area contributed by atoms with Crippen LogP contribution in [0.15, 0.2) is 47.3 Å². The number of aryl methyl sites for hydroxylation is 1. The van der Waals surface area contributed by atoms with Crippen molar-refractivity contribution in [1.29, 1.82) is 0 Å². The van der Waals surface area contributed by atoms with Crippen LogP contribution in [0.5, 0.6) is 0 Å². The third-order valence-electron chi connectivity index (χ3n) is 5.08. The SMILES string of the molecule is Cn1nc(C(=O)Nc2cc(Cl)ccc2N2CCCCC2)c2ccccc2c1=O. The molecule has 6 nitrogen and oxygen atoms in total. The van der Waals surface area contributed by atoms with Crippen molar-refractivity contribution in [2.75, 3.05) is 23.3 Å². The van der Waals surface area contributed by atoms with Gasteiger partial charge in [0, 0.05) is 30.5 Å². The number of rotatable bonds is 3. The van der Waals surface area contributed by atoms with Crippen molar-refractivity contribution in [3.63, 3.8) is 0 Å². The molecule has 1 aliphatic heterocycles. The summed E-state index contributed by atoms with van der Waals surface area (Å²) in [6.07, 6.45) is 3.48. The van der Waals surface area contributed by atoms with Crippen LogP contribution in [0.2, 0.25) is 5.02 Å². The van der Waals surface area contributed by atoms with Crippen LogP contribution in [0.1, 0.15) is 29.8 Å². The van der Waals surface area contributed by atoms with Gasteiger partial charge in [-0.2, -0.15) is 5.10 Å². The Labute approximate surface area is 167 Å². The van der Waals surface area contributed by atoms with E-state index in [1.807, 2.05) is 12.1 Å². The number of anilines is 2. The molecule has 0 radical (unpaired) electrons. The Kier molecular flexibility index (Phi) is 5.05. The van der Waals surface area contributed by atoms with Gasteiger partial charge in [-0.1, -0.05) is 29.8 Å². The minimum Gasteiger partial charge on any atom is -0.370 e. The fraction of sp³-hybridized carbons (Fsp3) is 0.286. The van der Waals surface area contributed by atoms with Crippen molar-refractivity contribution in [1.82, 2.24) is 9.78 Å². The summed E-state index contributed by atoms with van der Waals surface area (Å²) in [7, 11) is 1.55. The van der Waals surface area contributed by atoms with Gasteiger partial charge in [-0.25, -0.2) is 4.68 Å². The van der Waals surface area contributed by atoms with E-state index >= 15 is 0 Å². The number of benzene rings is 2. The third-order valence-corrected chi connectivity index (χ3v) is 5.31. The van der Waals surface area contributed by atoms with E-state index in [1.165, 1.54) is 11.1 Å². The molecule has 3 aromatic rings. The van der Waals surface area contributed by atoms with Crippen molar-refractivity contribution >= 4 is 39.7 Å². The number of nitrogens with one attached hydrogen (secondary N) is 1. The number of aromatic nitrogens is 2. The van der Waals surface area contributed by atoms with E-state index in [1.54, 1.807) is 37.4 Å². The highest BCUT2D eigenvalue weighted by Gasteiger charge is 2.20. The molecule has 28 heavy (non-hydrogen) atoms. The van der Waals surface area contributed by atoms with Crippen molar-refractivity contribution in [2.45, 2.75) is 19.3 Å². The molecule has 4 rings (SSSR count). The zero-order valence-corrected chi connectivity index (χ0v) is 16.4. The summed E-state index contributed by atoms with van der Waals surface area (Å²) < 4.78 is 1.20. The molecule has 2 aromatic carbocycles. The fourth-order valence-electron chi connectivity index (χ4n) is 3.67. The van der Waals surface area contributed by atoms with Gasteiger partial charge in [-0.05, 0) is 43.5 Å². The molecule has 144 valence electrons. The number of fused-ring (bicyclic) bond motifs is 1. The predicted octanol–water partition coefficient (Wildman–Crippen LogP) is 3.83. The Morgan fingerprint density at radius 2 is 1.79 bits per heavy atom. The van der Waals surface area contributed by atoms with Crippen LogP contribution in [-0.2, 0) is 7.05 Å². The Morgan fingerprint density at radius 3 is 2.54 bits per heavy atom. The third kappa shape index (κ3) is 3.47. The summed E-state index contributed by atoms with van der Waals surface area (Å²) >= 11 is 6.20. The predicted molar refractivity (Wildman–Crippen MR) is 112 cm³/mol. The number of piperidine rings is 1. The highest BCUT2D eigenvalue weighted by Crippen LogP contribution is 2.31. The Balaban J connectivity index is 1.74. The molecule has 2 heterocycles. The second-order valence-electron chi connectivity index (χ2n) is 6.99. The molecule has 0 bridgehead atoms. The van der Waals surface area contributed by atoms with Crippen molar-refractivity contribution in [3.05, 3.63) is 63.5 Å². The number of carbonyl (C=O) groups is 1. The topological polar surface area (TPSA) is 67.2 Å². The first-order valence-corrected chi connectivity index (χ1v) is 9.74. The van der Waals surface area contributed by atoms with Crippen LogP contribution in [0.4, 0.5) is 11.4 Å². The molecule has 0 saturated carbocycles. The molecule has 0 aliphatic carbocycles. The van der Waals surface area contributed by atoms with Gasteiger partial charge >= 0.3 is 0 Å². The first-order valence-electron chi connectivity index (χ1n) is 9.36. The van der Waals surface area contributed by atoms with Crippen LogP contribution < -0.4 is 15.8 Å². The van der Waals surface area contributed by atoms with Crippen molar-refractivity contribution in [3.8, 4) is 0 Å². The van der Waals surface area contributed by atoms with Gasteiger partial charge in [0.1, 0.15) is 0 Å². The minimum absolute atomic E-state index is 0.210. The molecule has 1 N–H and O–H groups in total. The lowest BCUT2D eigenvalue weighted by molar-refractivity contribution is 0.102. The monoisotopic (exact) mass is 396 g/mol. The summed E-state index contributed by atoms with van der Waals surface area (Å²) in [5, 5.41) is 8.72. The first-order chi connectivity index (χ1) is 13.5. The molecule has 1 saturated heterocycles. The molecule has 7 heteroatoms. The maximum Gasteiger partial charge on any atom is 0.276 e. The molecule has 1 amide bonds. The van der Waals surface area contributed by atoms with Gasteiger partial charge in [0.25, 0.3) is 11.5 Å². The zero-order chi connectivity index (χ0) is 19.7. The maximum atomic E-state index is 13.1. The van der Waals surface area contributed by atoms with E-state index in [9.17, 15) is 9.59 Å². The number of hydrogen-bond acceptors (Lipinski definition) is 4. The number of carbonyl (C=O) groups excluding carboxylic acids is 1. The molecule has 1 aliphatic rings. The fourth-order valence-corrected chi connectivity index (χ4v) is 3.84. The second kappa shape index (κ2) is 7.64. The molecule has 1 aromatic heterocycles. The molecular weight excluding hydrogens is 376 g/mol. The largest absolute Gasteiger partial charge is 0.370 e. The van der Waals surface area contributed by atoms with E-state index in [-0.39, 0.29) is 17.2 Å². The number of hydrogen-bond donors (Lipinski definition) is 1. The van der Waals surface area contributed by atoms with Crippen molar-refractivity contribution in [2.24, 2.45) is 7.05 Å². The number of nitrogens with zero attached hydrogens (tertiary/aromatic N) is 3. The summed E-state index contributed by atoms with van der Waals surface area (Å²) in [5.41, 5.74) is 1.58. The number of halogens is 1. The smallest absolute Gasteiger partial charge is 0.276 e. The summed E-state index contributed by atoms with van der Waals surface area (Å²) in [4.78, 5) is 27.7.